The van der Waals surface area contributed by atoms with Gasteiger partial charge in [0.2, 0.25) is 5.91 Å². The zero-order chi connectivity index (χ0) is 15.1. The molecule has 5 nitrogen and oxygen atoms in total. The van der Waals surface area contributed by atoms with Crippen LogP contribution in [0.1, 0.15) is 29.6 Å². The highest BCUT2D eigenvalue weighted by Crippen LogP contribution is 2.44. The number of hydrogen-bond acceptors (Lipinski definition) is 3. The van der Waals surface area contributed by atoms with Gasteiger partial charge in [-0.3, -0.25) is 4.79 Å². The Morgan fingerprint density at radius 1 is 1.33 bits per heavy atom. The maximum Gasteiger partial charge on any atom is 0.326 e. The Labute approximate surface area is 131 Å². The molecule has 2 aliphatic rings. The van der Waals surface area contributed by atoms with E-state index in [-0.39, 0.29) is 5.92 Å². The van der Waals surface area contributed by atoms with Crippen molar-refractivity contribution in [1.82, 2.24) is 0 Å². The molecule has 1 heterocycles. The Bertz CT molecular complexity index is 605. The first-order valence-corrected chi connectivity index (χ1v) is 7.87. The van der Waals surface area contributed by atoms with E-state index in [1.165, 1.54) is 0 Å². The highest BCUT2D eigenvalue weighted by molar-refractivity contribution is 9.10. The lowest BCUT2D eigenvalue weighted by Crippen LogP contribution is -2.39. The van der Waals surface area contributed by atoms with Crippen molar-refractivity contribution in [3.8, 4) is 0 Å². The van der Waals surface area contributed by atoms with Crippen LogP contribution in [0.25, 0.3) is 0 Å². The molecule has 112 valence electrons. The average Bonchev–Trinajstić information content (AvgIpc) is 2.96. The molecule has 3 atom stereocenters. The summed E-state index contributed by atoms with van der Waals surface area (Å²) in [5.41, 5.74) is 6.53. The van der Waals surface area contributed by atoms with Crippen LogP contribution in [0.2, 0.25) is 0 Å². The third kappa shape index (κ3) is 2.41. The molecule has 1 saturated carbocycles. The van der Waals surface area contributed by atoms with Crippen LogP contribution >= 0.6 is 15.9 Å². The minimum atomic E-state index is -0.764. The van der Waals surface area contributed by atoms with Gasteiger partial charge in [-0.1, -0.05) is 6.42 Å². The first-order chi connectivity index (χ1) is 9.99. The number of fused-ring (bicyclic) bond motifs is 1. The van der Waals surface area contributed by atoms with Gasteiger partial charge in [-0.25, -0.2) is 4.79 Å². The molecule has 6 heteroatoms. The summed E-state index contributed by atoms with van der Waals surface area (Å²) in [5, 5.41) is 9.58. The van der Waals surface area contributed by atoms with Crippen LogP contribution in [0.4, 0.5) is 5.69 Å². The van der Waals surface area contributed by atoms with Gasteiger partial charge in [0.05, 0.1) is 5.56 Å². The molecule has 3 N–H and O–H groups in total. The van der Waals surface area contributed by atoms with E-state index in [1.54, 1.807) is 18.2 Å². The highest BCUT2D eigenvalue weighted by atomic mass is 79.9. The van der Waals surface area contributed by atoms with Crippen molar-refractivity contribution in [2.45, 2.75) is 25.3 Å². The minimum Gasteiger partial charge on any atom is -0.480 e. The molecule has 0 bridgehead atoms. The number of rotatable bonds is 3. The summed E-state index contributed by atoms with van der Waals surface area (Å²) in [6, 6.07) is 4.75. The van der Waals surface area contributed by atoms with Crippen LogP contribution < -0.4 is 10.6 Å². The lowest BCUT2D eigenvalue weighted by atomic mass is 9.94. The zero-order valence-corrected chi connectivity index (χ0v) is 13.0. The van der Waals surface area contributed by atoms with Gasteiger partial charge in [-0.2, -0.15) is 0 Å². The minimum absolute atomic E-state index is 0.233. The van der Waals surface area contributed by atoms with Crippen molar-refractivity contribution in [3.63, 3.8) is 0 Å². The fourth-order valence-electron chi connectivity index (χ4n) is 3.77. The van der Waals surface area contributed by atoms with Gasteiger partial charge in [-0.05, 0) is 58.8 Å². The predicted molar refractivity (Wildman–Crippen MR) is 82.3 cm³/mol. The van der Waals surface area contributed by atoms with Crippen LogP contribution in [0.5, 0.6) is 0 Å². The Morgan fingerprint density at radius 3 is 2.71 bits per heavy atom. The molecule has 3 rings (SSSR count). The van der Waals surface area contributed by atoms with Gasteiger partial charge in [0.25, 0.3) is 0 Å². The van der Waals surface area contributed by atoms with Gasteiger partial charge in [0, 0.05) is 16.7 Å². The molecule has 0 radical (unpaired) electrons. The van der Waals surface area contributed by atoms with Crippen LogP contribution in [-0.4, -0.2) is 29.6 Å². The summed E-state index contributed by atoms with van der Waals surface area (Å²) in [7, 11) is 0. The van der Waals surface area contributed by atoms with E-state index < -0.39 is 17.9 Å². The van der Waals surface area contributed by atoms with Crippen LogP contribution in [0.15, 0.2) is 22.7 Å². The number of nitrogens with two attached hydrogens (primary N) is 1. The van der Waals surface area contributed by atoms with E-state index in [2.05, 4.69) is 15.9 Å². The molecule has 0 aromatic heterocycles. The number of carbonyl (C=O) groups is 2. The van der Waals surface area contributed by atoms with Gasteiger partial charge in [0.15, 0.2) is 0 Å². The Kier molecular flexibility index (Phi) is 3.65. The van der Waals surface area contributed by atoms with Crippen LogP contribution in [-0.2, 0) is 4.79 Å². The fourth-order valence-corrected chi connectivity index (χ4v) is 4.33. The number of hydrogen-bond donors (Lipinski definition) is 2. The molecule has 1 saturated heterocycles. The molecule has 2 fully saturated rings. The topological polar surface area (TPSA) is 83.6 Å². The molecular weight excluding hydrogens is 336 g/mol. The van der Waals surface area contributed by atoms with E-state index in [0.717, 1.165) is 31.5 Å². The standard InChI is InChI=1S/C15H17BrN2O3/c16-12-6-9(4-5-11(12)14(17)19)18-7-8-2-1-3-10(8)13(18)15(20)21/h4-6,8,10,13H,1-3,7H2,(H2,17,19)(H,20,21). The first kappa shape index (κ1) is 14.4. The second kappa shape index (κ2) is 5.33. The zero-order valence-electron chi connectivity index (χ0n) is 11.5. The number of amides is 1. The molecule has 1 amide bonds. The maximum absolute atomic E-state index is 11.7. The summed E-state index contributed by atoms with van der Waals surface area (Å²) >= 11 is 3.34. The molecule has 3 unspecified atom stereocenters. The van der Waals surface area contributed by atoms with Gasteiger partial charge in [0.1, 0.15) is 6.04 Å². The summed E-state index contributed by atoms with van der Waals surface area (Å²) in [6.45, 7) is 0.768. The quantitative estimate of drug-likeness (QED) is 0.873. The molecule has 1 aromatic rings. The molecule has 1 aliphatic heterocycles. The van der Waals surface area contributed by atoms with Crippen molar-refractivity contribution < 1.29 is 14.7 Å². The number of primary amides is 1. The number of halogens is 1. The molecule has 1 aromatic carbocycles. The number of anilines is 1. The van der Waals surface area contributed by atoms with Crippen molar-refractivity contribution in [1.29, 1.82) is 0 Å². The van der Waals surface area contributed by atoms with E-state index in [4.69, 9.17) is 5.73 Å². The van der Waals surface area contributed by atoms with E-state index in [1.807, 2.05) is 4.90 Å². The monoisotopic (exact) mass is 352 g/mol. The van der Waals surface area contributed by atoms with Gasteiger partial charge >= 0.3 is 5.97 Å². The normalized spacial score (nSPS) is 27.7. The maximum atomic E-state index is 11.7. The first-order valence-electron chi connectivity index (χ1n) is 7.08. The molecule has 21 heavy (non-hydrogen) atoms. The fraction of sp³-hybridized carbons (Fsp3) is 0.467. The van der Waals surface area contributed by atoms with Gasteiger partial charge < -0.3 is 15.7 Å². The van der Waals surface area contributed by atoms with Crippen molar-refractivity contribution >= 4 is 33.5 Å². The number of aliphatic carboxylic acids is 1. The number of carboxylic acids is 1. The second-order valence-corrected chi connectivity index (χ2v) is 6.67. The lowest BCUT2D eigenvalue weighted by Gasteiger charge is -2.26. The summed E-state index contributed by atoms with van der Waals surface area (Å²) in [4.78, 5) is 24.9. The third-order valence-corrected chi connectivity index (χ3v) is 5.35. The molecular formula is C15H17BrN2O3. The Hall–Kier alpha value is -1.56. The van der Waals surface area contributed by atoms with E-state index in [0.29, 0.717) is 16.0 Å². The number of benzene rings is 1. The van der Waals surface area contributed by atoms with Crippen molar-refractivity contribution in [2.75, 3.05) is 11.4 Å². The second-order valence-electron chi connectivity index (χ2n) is 5.82. The molecule has 0 spiro atoms. The largest absolute Gasteiger partial charge is 0.480 e. The number of nitrogens with zero attached hydrogens (tertiary/aromatic N) is 1. The molecule has 1 aliphatic carbocycles. The number of carboxylic acid groups (broad SMARTS) is 1. The summed E-state index contributed by atoms with van der Waals surface area (Å²) in [6.07, 6.45) is 3.21. The predicted octanol–water partition coefficient (Wildman–Crippen LogP) is 2.24. The van der Waals surface area contributed by atoms with Gasteiger partial charge in [-0.15, -0.1) is 0 Å². The number of carbonyl (C=O) groups excluding carboxylic acids is 1. The SMILES string of the molecule is NC(=O)c1ccc(N2CC3CCCC3C2C(=O)O)cc1Br. The van der Waals surface area contributed by atoms with Crippen LogP contribution in [0.3, 0.4) is 0 Å². The average molecular weight is 353 g/mol. The van der Waals surface area contributed by atoms with E-state index >= 15 is 0 Å². The summed E-state index contributed by atoms with van der Waals surface area (Å²) < 4.78 is 0.605. The lowest BCUT2D eigenvalue weighted by molar-refractivity contribution is -0.139. The van der Waals surface area contributed by atoms with Crippen molar-refractivity contribution in [3.05, 3.63) is 28.2 Å². The summed E-state index contributed by atoms with van der Waals surface area (Å²) in [5.74, 6) is -0.571. The smallest absolute Gasteiger partial charge is 0.326 e. The van der Waals surface area contributed by atoms with E-state index in [9.17, 15) is 14.7 Å². The highest BCUT2D eigenvalue weighted by Gasteiger charge is 2.47. The van der Waals surface area contributed by atoms with Crippen molar-refractivity contribution in [2.24, 2.45) is 17.6 Å². The Balaban J connectivity index is 1.94. The Morgan fingerprint density at radius 2 is 2.10 bits per heavy atom. The third-order valence-electron chi connectivity index (χ3n) is 4.69. The van der Waals surface area contributed by atoms with Crippen LogP contribution in [0, 0.1) is 11.8 Å².